The molecule has 4 heteroatoms. The van der Waals surface area contributed by atoms with Gasteiger partial charge in [-0.25, -0.2) is 4.79 Å². The standard InChI is InChI=1S/C12H14O4/c1-2-16-12(15)11(14)8-10(13)9-6-4-3-5-7-9/h3-7,10,13H,2,8H2,1H3. The second-order valence-electron chi connectivity index (χ2n) is 3.27. The number of hydrogen-bond acceptors (Lipinski definition) is 4. The maximum atomic E-state index is 11.3. The molecule has 0 bridgehead atoms. The van der Waals surface area contributed by atoms with E-state index in [1.54, 1.807) is 31.2 Å². The van der Waals surface area contributed by atoms with E-state index in [9.17, 15) is 14.7 Å². The van der Waals surface area contributed by atoms with Gasteiger partial charge in [-0.2, -0.15) is 0 Å². The molecule has 1 aromatic carbocycles. The molecule has 0 aliphatic carbocycles. The molecule has 0 aliphatic rings. The molecule has 1 unspecified atom stereocenters. The molecular formula is C12H14O4. The molecule has 0 saturated carbocycles. The Bertz CT molecular complexity index is 359. The summed E-state index contributed by atoms with van der Waals surface area (Å²) < 4.78 is 4.54. The van der Waals surface area contributed by atoms with Crippen LogP contribution in [0.25, 0.3) is 0 Å². The molecule has 1 aromatic rings. The van der Waals surface area contributed by atoms with Crippen molar-refractivity contribution in [3.63, 3.8) is 0 Å². The summed E-state index contributed by atoms with van der Waals surface area (Å²) in [7, 11) is 0. The number of benzene rings is 1. The van der Waals surface area contributed by atoms with E-state index in [2.05, 4.69) is 4.74 Å². The smallest absolute Gasteiger partial charge is 0.374 e. The van der Waals surface area contributed by atoms with Gasteiger partial charge in [0.15, 0.2) is 0 Å². The molecule has 4 nitrogen and oxygen atoms in total. The van der Waals surface area contributed by atoms with Gasteiger partial charge in [-0.1, -0.05) is 30.3 Å². The van der Waals surface area contributed by atoms with Crippen molar-refractivity contribution in [3.05, 3.63) is 35.9 Å². The highest BCUT2D eigenvalue weighted by Crippen LogP contribution is 2.16. The number of ether oxygens (including phenoxy) is 1. The number of esters is 1. The third-order valence-corrected chi connectivity index (χ3v) is 2.07. The quantitative estimate of drug-likeness (QED) is 0.601. The van der Waals surface area contributed by atoms with Crippen LogP contribution in [0.15, 0.2) is 30.3 Å². The van der Waals surface area contributed by atoms with Crippen molar-refractivity contribution in [1.82, 2.24) is 0 Å². The predicted octanol–water partition coefficient (Wildman–Crippen LogP) is 1.24. The SMILES string of the molecule is CCOC(=O)C(=O)CC(O)c1ccccc1. The van der Waals surface area contributed by atoms with E-state index >= 15 is 0 Å². The van der Waals surface area contributed by atoms with Crippen LogP contribution in [0.1, 0.15) is 25.0 Å². The first kappa shape index (κ1) is 12.4. The third-order valence-electron chi connectivity index (χ3n) is 2.07. The molecule has 16 heavy (non-hydrogen) atoms. The summed E-state index contributed by atoms with van der Waals surface area (Å²) in [5, 5.41) is 9.68. The minimum Gasteiger partial charge on any atom is -0.460 e. The number of Topliss-reactive ketones (excluding diaryl/α,β-unsaturated/α-hetero) is 1. The molecule has 1 atom stereocenters. The predicted molar refractivity (Wildman–Crippen MR) is 57.7 cm³/mol. The van der Waals surface area contributed by atoms with E-state index in [1.807, 2.05) is 6.07 Å². The summed E-state index contributed by atoms with van der Waals surface area (Å²) in [4.78, 5) is 22.3. The average Bonchev–Trinajstić information content (AvgIpc) is 2.30. The first-order valence-corrected chi connectivity index (χ1v) is 5.08. The van der Waals surface area contributed by atoms with Crippen molar-refractivity contribution in [3.8, 4) is 0 Å². The van der Waals surface area contributed by atoms with Crippen LogP contribution < -0.4 is 0 Å². The van der Waals surface area contributed by atoms with Gasteiger partial charge in [-0.3, -0.25) is 4.79 Å². The lowest BCUT2D eigenvalue weighted by molar-refractivity contribution is -0.154. The number of rotatable bonds is 5. The highest BCUT2D eigenvalue weighted by atomic mass is 16.5. The molecule has 0 aliphatic heterocycles. The van der Waals surface area contributed by atoms with E-state index in [0.717, 1.165) is 0 Å². The number of ketones is 1. The van der Waals surface area contributed by atoms with Crippen LogP contribution in [0.4, 0.5) is 0 Å². The minimum atomic E-state index is -0.960. The Balaban J connectivity index is 2.55. The molecule has 1 rings (SSSR count). The van der Waals surface area contributed by atoms with Gasteiger partial charge >= 0.3 is 5.97 Å². The molecule has 0 spiro atoms. The van der Waals surface area contributed by atoms with Crippen molar-refractivity contribution in [1.29, 1.82) is 0 Å². The highest BCUT2D eigenvalue weighted by Gasteiger charge is 2.20. The third kappa shape index (κ3) is 3.47. The van der Waals surface area contributed by atoms with E-state index in [-0.39, 0.29) is 13.0 Å². The van der Waals surface area contributed by atoms with Gasteiger partial charge in [0.2, 0.25) is 5.78 Å². The summed E-state index contributed by atoms with van der Waals surface area (Å²) in [6.07, 6.45) is -1.21. The first-order chi connectivity index (χ1) is 7.65. The summed E-state index contributed by atoms with van der Waals surface area (Å²) in [6.45, 7) is 1.78. The minimum absolute atomic E-state index is 0.159. The Morgan fingerprint density at radius 2 is 1.94 bits per heavy atom. The average molecular weight is 222 g/mol. The molecule has 0 amide bonds. The summed E-state index contributed by atoms with van der Waals surface area (Å²) in [5.41, 5.74) is 0.611. The maximum absolute atomic E-state index is 11.3. The maximum Gasteiger partial charge on any atom is 0.374 e. The first-order valence-electron chi connectivity index (χ1n) is 5.08. The fourth-order valence-electron chi connectivity index (χ4n) is 1.26. The molecule has 0 saturated heterocycles. The lowest BCUT2D eigenvalue weighted by atomic mass is 10.0. The van der Waals surface area contributed by atoms with Gasteiger partial charge in [0.25, 0.3) is 0 Å². The van der Waals surface area contributed by atoms with E-state index in [4.69, 9.17) is 0 Å². The number of hydrogen-bond donors (Lipinski definition) is 1. The van der Waals surface area contributed by atoms with E-state index in [0.29, 0.717) is 5.56 Å². The second kappa shape index (κ2) is 6.02. The number of carbonyl (C=O) groups is 2. The summed E-state index contributed by atoms with van der Waals surface area (Å²) in [6, 6.07) is 8.72. The Labute approximate surface area is 93.9 Å². The molecular weight excluding hydrogens is 208 g/mol. The van der Waals surface area contributed by atoms with Crippen molar-refractivity contribution in [2.45, 2.75) is 19.4 Å². The van der Waals surface area contributed by atoms with Crippen molar-refractivity contribution >= 4 is 11.8 Å². The number of carbonyl (C=O) groups excluding carboxylic acids is 2. The van der Waals surface area contributed by atoms with Crippen LogP contribution in [0.3, 0.4) is 0 Å². The van der Waals surface area contributed by atoms with Crippen LogP contribution in [0.5, 0.6) is 0 Å². The highest BCUT2D eigenvalue weighted by molar-refractivity contribution is 6.33. The van der Waals surface area contributed by atoms with Gasteiger partial charge < -0.3 is 9.84 Å². The molecule has 0 radical (unpaired) electrons. The lowest BCUT2D eigenvalue weighted by Crippen LogP contribution is -2.19. The van der Waals surface area contributed by atoms with Crippen LogP contribution in [0.2, 0.25) is 0 Å². The second-order valence-corrected chi connectivity index (χ2v) is 3.27. The number of aliphatic hydroxyl groups excluding tert-OH is 1. The monoisotopic (exact) mass is 222 g/mol. The fraction of sp³-hybridized carbons (Fsp3) is 0.333. The van der Waals surface area contributed by atoms with Crippen LogP contribution >= 0.6 is 0 Å². The zero-order valence-electron chi connectivity index (χ0n) is 9.05. The Morgan fingerprint density at radius 3 is 2.50 bits per heavy atom. The Kier molecular flexibility index (Phi) is 4.66. The molecule has 86 valence electrons. The van der Waals surface area contributed by atoms with Crippen molar-refractivity contribution in [2.75, 3.05) is 6.61 Å². The summed E-state index contributed by atoms with van der Waals surface area (Å²) >= 11 is 0. The molecule has 0 fully saturated rings. The van der Waals surface area contributed by atoms with Crippen molar-refractivity contribution < 1.29 is 19.4 Å². The lowest BCUT2D eigenvalue weighted by Gasteiger charge is -2.09. The Hall–Kier alpha value is -1.68. The largest absolute Gasteiger partial charge is 0.460 e. The van der Waals surface area contributed by atoms with Gasteiger partial charge in [0.1, 0.15) is 0 Å². The number of aliphatic hydroxyl groups is 1. The fourth-order valence-corrected chi connectivity index (χ4v) is 1.26. The zero-order chi connectivity index (χ0) is 12.0. The Morgan fingerprint density at radius 1 is 1.31 bits per heavy atom. The van der Waals surface area contributed by atoms with Crippen molar-refractivity contribution in [2.24, 2.45) is 0 Å². The van der Waals surface area contributed by atoms with Gasteiger partial charge in [-0.05, 0) is 12.5 Å². The molecule has 0 aromatic heterocycles. The normalized spacial score (nSPS) is 11.9. The zero-order valence-corrected chi connectivity index (χ0v) is 9.05. The topological polar surface area (TPSA) is 63.6 Å². The van der Waals surface area contributed by atoms with Gasteiger partial charge in [0, 0.05) is 6.42 Å². The summed E-state index contributed by atoms with van der Waals surface area (Å²) in [5.74, 6) is -1.60. The van der Waals surface area contributed by atoms with E-state index < -0.39 is 17.9 Å². The van der Waals surface area contributed by atoms with Crippen LogP contribution in [-0.2, 0) is 14.3 Å². The van der Waals surface area contributed by atoms with Crippen LogP contribution in [0, 0.1) is 0 Å². The van der Waals surface area contributed by atoms with E-state index in [1.165, 1.54) is 0 Å². The van der Waals surface area contributed by atoms with Gasteiger partial charge in [0.05, 0.1) is 12.7 Å². The van der Waals surface area contributed by atoms with Crippen LogP contribution in [-0.4, -0.2) is 23.5 Å². The van der Waals surface area contributed by atoms with Gasteiger partial charge in [-0.15, -0.1) is 0 Å². The molecule has 1 N–H and O–H groups in total. The molecule has 0 heterocycles.